The maximum atomic E-state index is 6.15. The van der Waals surface area contributed by atoms with Crippen molar-refractivity contribution in [2.24, 2.45) is 0 Å². The monoisotopic (exact) mass is 322 g/mol. The summed E-state index contributed by atoms with van der Waals surface area (Å²) < 4.78 is 5.71. The van der Waals surface area contributed by atoms with Gasteiger partial charge in [0.25, 0.3) is 5.89 Å². The Hall–Kier alpha value is -2.79. The molecule has 112 valence electrons. The van der Waals surface area contributed by atoms with Crippen molar-refractivity contribution >= 4 is 22.6 Å². The Labute approximate surface area is 137 Å². The number of halogens is 1. The Morgan fingerprint density at radius 1 is 0.957 bits per heavy atom. The molecule has 0 aliphatic heterocycles. The van der Waals surface area contributed by atoms with Gasteiger partial charge in [0.15, 0.2) is 5.65 Å². The first-order valence-electron chi connectivity index (χ1n) is 7.07. The molecular weight excluding hydrogens is 312 g/mol. The molecular formula is C17H11ClN4O. The fourth-order valence-corrected chi connectivity index (χ4v) is 2.51. The lowest BCUT2D eigenvalue weighted by Gasteiger charge is -1.99. The molecule has 0 saturated heterocycles. The molecule has 0 radical (unpaired) electrons. The molecule has 0 unspecified atom stereocenters. The van der Waals surface area contributed by atoms with Gasteiger partial charge in [-0.25, -0.2) is 9.97 Å². The van der Waals surface area contributed by atoms with Crippen LogP contribution in [0.5, 0.6) is 0 Å². The van der Waals surface area contributed by atoms with Crippen molar-refractivity contribution in [1.29, 1.82) is 0 Å². The Morgan fingerprint density at radius 3 is 2.78 bits per heavy atom. The number of benzene rings is 1. The van der Waals surface area contributed by atoms with Crippen LogP contribution in [-0.2, 0) is 6.42 Å². The van der Waals surface area contributed by atoms with Crippen molar-refractivity contribution in [2.45, 2.75) is 6.42 Å². The second kappa shape index (κ2) is 5.78. The summed E-state index contributed by atoms with van der Waals surface area (Å²) in [4.78, 5) is 8.69. The summed E-state index contributed by atoms with van der Waals surface area (Å²) in [6, 6.07) is 15.2. The normalized spacial score (nSPS) is 11.0. The minimum absolute atomic E-state index is 0.375. The van der Waals surface area contributed by atoms with E-state index in [0.29, 0.717) is 34.6 Å². The quantitative estimate of drug-likeness (QED) is 0.572. The topological polar surface area (TPSA) is 64.7 Å². The van der Waals surface area contributed by atoms with E-state index in [1.54, 1.807) is 6.20 Å². The molecule has 6 heteroatoms. The third-order valence-electron chi connectivity index (χ3n) is 3.45. The number of fused-ring (bicyclic) bond motifs is 1. The molecule has 0 amide bonds. The summed E-state index contributed by atoms with van der Waals surface area (Å²) in [5.74, 6) is 0.871. The van der Waals surface area contributed by atoms with Gasteiger partial charge < -0.3 is 4.42 Å². The zero-order valence-electron chi connectivity index (χ0n) is 12.0. The maximum Gasteiger partial charge on any atom is 0.266 e. The first kappa shape index (κ1) is 13.8. The van der Waals surface area contributed by atoms with Crippen LogP contribution in [0.25, 0.3) is 22.6 Å². The number of pyridine rings is 2. The van der Waals surface area contributed by atoms with Gasteiger partial charge in [0.1, 0.15) is 5.69 Å². The maximum absolute atomic E-state index is 6.15. The van der Waals surface area contributed by atoms with E-state index in [1.807, 2.05) is 48.5 Å². The Balaban J connectivity index is 1.65. The Bertz CT molecular complexity index is 983. The van der Waals surface area contributed by atoms with E-state index in [4.69, 9.17) is 16.0 Å². The molecule has 0 aliphatic rings. The smallest absolute Gasteiger partial charge is 0.266 e. The number of rotatable bonds is 3. The fourth-order valence-electron chi connectivity index (χ4n) is 2.31. The molecule has 23 heavy (non-hydrogen) atoms. The first-order chi connectivity index (χ1) is 11.3. The van der Waals surface area contributed by atoms with Gasteiger partial charge in [-0.05, 0) is 35.9 Å². The zero-order chi connectivity index (χ0) is 15.6. The van der Waals surface area contributed by atoms with Gasteiger partial charge in [-0.2, -0.15) is 0 Å². The number of hydrogen-bond acceptors (Lipinski definition) is 5. The second-order valence-electron chi connectivity index (χ2n) is 5.02. The standard InChI is InChI=1S/C17H11ClN4O/c18-13-6-2-1-4-12(13)10-15-21-22-17(23-15)14-8-7-11-5-3-9-19-16(11)20-14/h1-9H,10H2. The average Bonchev–Trinajstić information content (AvgIpc) is 3.05. The van der Waals surface area contributed by atoms with Crippen molar-refractivity contribution in [3.05, 3.63) is 71.2 Å². The molecule has 0 fully saturated rings. The summed E-state index contributed by atoms with van der Waals surface area (Å²) in [5, 5.41) is 9.79. The minimum atomic E-state index is 0.375. The lowest BCUT2D eigenvalue weighted by Crippen LogP contribution is -1.89. The fraction of sp³-hybridized carbons (Fsp3) is 0.0588. The highest BCUT2D eigenvalue weighted by Gasteiger charge is 2.12. The SMILES string of the molecule is Clc1ccccc1Cc1nnc(-c2ccc3cccnc3n2)o1. The molecule has 1 aromatic carbocycles. The largest absolute Gasteiger partial charge is 0.419 e. The molecule has 0 atom stereocenters. The minimum Gasteiger partial charge on any atom is -0.419 e. The van der Waals surface area contributed by atoms with Crippen LogP contribution in [0.3, 0.4) is 0 Å². The van der Waals surface area contributed by atoms with Crippen molar-refractivity contribution in [3.63, 3.8) is 0 Å². The second-order valence-corrected chi connectivity index (χ2v) is 5.42. The molecule has 0 N–H and O–H groups in total. The highest BCUT2D eigenvalue weighted by Crippen LogP contribution is 2.22. The van der Waals surface area contributed by atoms with Gasteiger partial charge in [0, 0.05) is 16.6 Å². The van der Waals surface area contributed by atoms with Gasteiger partial charge in [0.05, 0.1) is 6.42 Å². The summed E-state index contributed by atoms with van der Waals surface area (Å²) in [7, 11) is 0. The number of aromatic nitrogens is 4. The highest BCUT2D eigenvalue weighted by atomic mass is 35.5. The van der Waals surface area contributed by atoms with Crippen LogP contribution in [0, 0.1) is 0 Å². The number of nitrogens with zero attached hydrogens (tertiary/aromatic N) is 4. The van der Waals surface area contributed by atoms with E-state index in [1.165, 1.54) is 0 Å². The van der Waals surface area contributed by atoms with Crippen LogP contribution in [0.1, 0.15) is 11.5 Å². The van der Waals surface area contributed by atoms with Crippen LogP contribution in [-0.4, -0.2) is 20.2 Å². The van der Waals surface area contributed by atoms with Gasteiger partial charge >= 0.3 is 0 Å². The van der Waals surface area contributed by atoms with E-state index >= 15 is 0 Å². The van der Waals surface area contributed by atoms with Crippen molar-refractivity contribution in [3.8, 4) is 11.6 Å². The van der Waals surface area contributed by atoms with Crippen LogP contribution in [0.15, 0.2) is 59.1 Å². The molecule has 4 aromatic rings. The van der Waals surface area contributed by atoms with Crippen LogP contribution in [0.2, 0.25) is 5.02 Å². The molecule has 0 spiro atoms. The van der Waals surface area contributed by atoms with Crippen LogP contribution in [0.4, 0.5) is 0 Å². The van der Waals surface area contributed by atoms with E-state index in [2.05, 4.69) is 20.2 Å². The lowest BCUT2D eigenvalue weighted by atomic mass is 10.1. The number of hydrogen-bond donors (Lipinski definition) is 0. The Kier molecular flexibility index (Phi) is 3.48. The van der Waals surface area contributed by atoms with Gasteiger partial charge in [-0.1, -0.05) is 29.8 Å². The molecule has 5 nitrogen and oxygen atoms in total. The molecule has 3 heterocycles. The predicted octanol–water partition coefficient (Wildman–Crippen LogP) is 3.92. The molecule has 0 aliphatic carbocycles. The summed E-state index contributed by atoms with van der Waals surface area (Å²) in [6.07, 6.45) is 2.19. The third kappa shape index (κ3) is 2.78. The molecule has 0 bridgehead atoms. The lowest BCUT2D eigenvalue weighted by molar-refractivity contribution is 0.516. The first-order valence-corrected chi connectivity index (χ1v) is 7.45. The zero-order valence-corrected chi connectivity index (χ0v) is 12.7. The van der Waals surface area contributed by atoms with E-state index in [9.17, 15) is 0 Å². The third-order valence-corrected chi connectivity index (χ3v) is 3.82. The van der Waals surface area contributed by atoms with Crippen molar-refractivity contribution in [2.75, 3.05) is 0 Å². The van der Waals surface area contributed by atoms with Crippen molar-refractivity contribution in [1.82, 2.24) is 20.2 Å². The van der Waals surface area contributed by atoms with Crippen molar-refractivity contribution < 1.29 is 4.42 Å². The molecule has 3 aromatic heterocycles. The van der Waals surface area contributed by atoms with Crippen LogP contribution < -0.4 is 0 Å². The van der Waals surface area contributed by atoms with Gasteiger partial charge in [-0.3, -0.25) is 0 Å². The molecule has 4 rings (SSSR count). The predicted molar refractivity (Wildman–Crippen MR) is 87.1 cm³/mol. The van der Waals surface area contributed by atoms with E-state index in [0.717, 1.165) is 10.9 Å². The van der Waals surface area contributed by atoms with E-state index in [-0.39, 0.29) is 0 Å². The highest BCUT2D eigenvalue weighted by molar-refractivity contribution is 6.31. The van der Waals surface area contributed by atoms with Gasteiger partial charge in [-0.15, -0.1) is 10.2 Å². The van der Waals surface area contributed by atoms with Crippen LogP contribution >= 0.6 is 11.6 Å². The van der Waals surface area contributed by atoms with Gasteiger partial charge in [0.2, 0.25) is 5.89 Å². The summed E-state index contributed by atoms with van der Waals surface area (Å²) in [5.41, 5.74) is 2.20. The van der Waals surface area contributed by atoms with E-state index < -0.39 is 0 Å². The molecule has 0 saturated carbocycles. The summed E-state index contributed by atoms with van der Waals surface area (Å²) >= 11 is 6.15. The average molecular weight is 323 g/mol. The Morgan fingerprint density at radius 2 is 1.87 bits per heavy atom. The summed E-state index contributed by atoms with van der Waals surface area (Å²) in [6.45, 7) is 0.